The molecule has 1 saturated carbocycles. The van der Waals surface area contributed by atoms with E-state index in [-0.39, 0.29) is 48.8 Å². The summed E-state index contributed by atoms with van der Waals surface area (Å²) in [5, 5.41) is 21.6. The van der Waals surface area contributed by atoms with Crippen molar-refractivity contribution in [2.24, 2.45) is 17.8 Å². The van der Waals surface area contributed by atoms with Crippen LogP contribution in [0.2, 0.25) is 0 Å². The number of carboxylic acids is 1. The van der Waals surface area contributed by atoms with Crippen LogP contribution < -0.4 is 0 Å². The summed E-state index contributed by atoms with van der Waals surface area (Å²) < 4.78 is 0. The van der Waals surface area contributed by atoms with Crippen LogP contribution in [0.1, 0.15) is 50.0 Å². The molecule has 12 heteroatoms. The van der Waals surface area contributed by atoms with E-state index in [4.69, 9.17) is 28.3 Å². The predicted molar refractivity (Wildman–Crippen MR) is 162 cm³/mol. The molecule has 2 aliphatic carbocycles. The molecule has 6 atom stereocenters. The third kappa shape index (κ3) is 4.27. The minimum absolute atomic E-state index is 0.0149. The van der Waals surface area contributed by atoms with E-state index in [2.05, 4.69) is 15.9 Å². The zero-order valence-electron chi connectivity index (χ0n) is 23.0. The number of amides is 4. The number of fused-ring (bicyclic) bond motifs is 5. The number of carbonyl (C=O) groups is 5. The van der Waals surface area contributed by atoms with Gasteiger partial charge in [0.15, 0.2) is 9.75 Å². The first-order valence-electron chi connectivity index (χ1n) is 14.2. The lowest BCUT2D eigenvalue weighted by molar-refractivity contribution is -0.141. The van der Waals surface area contributed by atoms with Crippen molar-refractivity contribution in [3.63, 3.8) is 0 Å². The third-order valence-electron chi connectivity index (χ3n) is 9.61. The summed E-state index contributed by atoms with van der Waals surface area (Å²) in [5.74, 6) is -6.32. The largest absolute Gasteiger partial charge is 0.508 e. The molecule has 9 nitrogen and oxygen atoms in total. The van der Waals surface area contributed by atoms with E-state index in [1.165, 1.54) is 11.0 Å². The topological polar surface area (TPSA) is 132 Å². The van der Waals surface area contributed by atoms with Crippen LogP contribution in [-0.4, -0.2) is 71.4 Å². The Morgan fingerprint density at radius 2 is 1.70 bits per heavy atom. The normalized spacial score (nSPS) is 31.7. The van der Waals surface area contributed by atoms with E-state index in [1.807, 2.05) is 18.2 Å². The number of carbonyl (C=O) groups excluding carboxylic acids is 4. The van der Waals surface area contributed by atoms with Gasteiger partial charge in [-0.3, -0.25) is 33.8 Å². The number of aliphatic carboxylic acids is 1. The third-order valence-corrected chi connectivity index (χ3v) is 11.5. The van der Waals surface area contributed by atoms with Crippen molar-refractivity contribution in [2.45, 2.75) is 54.2 Å². The molecule has 2 N–H and O–H groups in total. The standard InChI is InChI=1S/C31H29BrCl2N2O7/c32-15-36-28(42)30(33)14-20-18(10-11-19-23(20)27(41)35(26(19)40)13-5-1-2-8-22(38)39)25(31(30,34)29(36)43)24-17-7-4-3-6-16(17)9-12-21(24)37/h3-4,6-7,9-10,12,19-20,23,25,37H,1-2,5,8,11,13-15H2,(H,38,39). The molecule has 0 bridgehead atoms. The van der Waals surface area contributed by atoms with E-state index >= 15 is 0 Å². The number of alkyl halides is 3. The summed E-state index contributed by atoms with van der Waals surface area (Å²) >= 11 is 17.8. The average molecular weight is 692 g/mol. The highest BCUT2D eigenvalue weighted by atomic mass is 79.9. The Labute approximate surface area is 265 Å². The number of hydrogen-bond acceptors (Lipinski definition) is 6. The van der Waals surface area contributed by atoms with Crippen LogP contribution in [0.5, 0.6) is 5.75 Å². The number of phenols is 1. The molecule has 2 aromatic rings. The number of aromatic hydroxyl groups is 1. The monoisotopic (exact) mass is 690 g/mol. The molecule has 2 heterocycles. The maximum absolute atomic E-state index is 14.0. The lowest BCUT2D eigenvalue weighted by Gasteiger charge is -2.51. The second kappa shape index (κ2) is 10.9. The van der Waals surface area contributed by atoms with Gasteiger partial charge >= 0.3 is 5.97 Å². The molecule has 0 spiro atoms. The van der Waals surface area contributed by atoms with Crippen molar-refractivity contribution in [3.8, 4) is 5.75 Å². The van der Waals surface area contributed by atoms with Gasteiger partial charge in [-0.2, -0.15) is 0 Å². The smallest absolute Gasteiger partial charge is 0.303 e. The van der Waals surface area contributed by atoms with Gasteiger partial charge in [-0.25, -0.2) is 0 Å². The van der Waals surface area contributed by atoms with Crippen LogP contribution in [0.4, 0.5) is 0 Å². The van der Waals surface area contributed by atoms with Gasteiger partial charge in [0, 0.05) is 24.4 Å². The maximum Gasteiger partial charge on any atom is 0.303 e. The molecule has 4 amide bonds. The zero-order chi connectivity index (χ0) is 30.8. The van der Waals surface area contributed by atoms with Crippen LogP contribution in [0, 0.1) is 17.8 Å². The number of phenolic OH excluding ortho intramolecular Hbond substituents is 1. The summed E-state index contributed by atoms with van der Waals surface area (Å²) in [5.41, 5.74) is 0.823. The van der Waals surface area contributed by atoms with Crippen molar-refractivity contribution in [1.82, 2.24) is 9.80 Å². The number of benzene rings is 2. The fourth-order valence-electron chi connectivity index (χ4n) is 7.67. The van der Waals surface area contributed by atoms with E-state index in [0.717, 1.165) is 10.3 Å². The minimum atomic E-state index is -2.01. The Hall–Kier alpha value is -2.95. The molecular formula is C31H29BrCl2N2O7. The molecule has 2 aromatic carbocycles. The number of rotatable bonds is 8. The summed E-state index contributed by atoms with van der Waals surface area (Å²) in [7, 11) is 0. The Balaban J connectivity index is 1.46. The molecule has 6 rings (SSSR count). The molecule has 2 saturated heterocycles. The van der Waals surface area contributed by atoms with E-state index in [1.54, 1.807) is 18.2 Å². The van der Waals surface area contributed by atoms with Gasteiger partial charge in [0.05, 0.1) is 17.3 Å². The summed E-state index contributed by atoms with van der Waals surface area (Å²) in [6.45, 7) is 0.167. The number of halogens is 3. The van der Waals surface area contributed by atoms with Gasteiger partial charge in [0.2, 0.25) is 11.8 Å². The Morgan fingerprint density at radius 3 is 2.42 bits per heavy atom. The molecule has 2 aliphatic heterocycles. The molecule has 0 aromatic heterocycles. The van der Waals surface area contributed by atoms with Crippen molar-refractivity contribution < 1.29 is 34.2 Å². The quantitative estimate of drug-likeness (QED) is 0.132. The summed E-state index contributed by atoms with van der Waals surface area (Å²) in [6, 6.07) is 10.6. The Kier molecular flexibility index (Phi) is 7.62. The summed E-state index contributed by atoms with van der Waals surface area (Å²) in [6.07, 6.45) is 3.41. The highest BCUT2D eigenvalue weighted by Gasteiger charge is 2.76. The molecule has 226 valence electrons. The van der Waals surface area contributed by atoms with Gasteiger partial charge < -0.3 is 10.2 Å². The average Bonchev–Trinajstić information content (AvgIpc) is 3.30. The molecule has 0 radical (unpaired) electrons. The van der Waals surface area contributed by atoms with Gasteiger partial charge in [-0.15, -0.1) is 23.2 Å². The van der Waals surface area contributed by atoms with Gasteiger partial charge in [-0.05, 0) is 48.4 Å². The number of likely N-dealkylation sites (tertiary alicyclic amines) is 2. The molecule has 4 aliphatic rings. The number of carboxylic acid groups (broad SMARTS) is 1. The second-order valence-electron chi connectivity index (χ2n) is 11.7. The number of unbranched alkanes of at least 4 members (excludes halogenated alkanes) is 2. The summed E-state index contributed by atoms with van der Waals surface area (Å²) in [4.78, 5) is 64.4. The molecule has 3 fully saturated rings. The van der Waals surface area contributed by atoms with Crippen molar-refractivity contribution in [3.05, 3.63) is 53.6 Å². The highest BCUT2D eigenvalue weighted by molar-refractivity contribution is 9.09. The first-order chi connectivity index (χ1) is 20.5. The first kappa shape index (κ1) is 30.1. The van der Waals surface area contributed by atoms with Crippen LogP contribution in [0.25, 0.3) is 10.8 Å². The van der Waals surface area contributed by atoms with Crippen LogP contribution in [0.15, 0.2) is 48.0 Å². The fourth-order valence-corrected chi connectivity index (χ4v) is 9.08. The fraction of sp³-hybridized carbons (Fsp3) is 0.452. The van der Waals surface area contributed by atoms with Crippen LogP contribution in [-0.2, 0) is 24.0 Å². The highest BCUT2D eigenvalue weighted by Crippen LogP contribution is 2.66. The number of imide groups is 2. The predicted octanol–water partition coefficient (Wildman–Crippen LogP) is 4.90. The van der Waals surface area contributed by atoms with Crippen LogP contribution in [0.3, 0.4) is 0 Å². The van der Waals surface area contributed by atoms with Crippen molar-refractivity contribution in [2.75, 3.05) is 12.0 Å². The Morgan fingerprint density at radius 1 is 0.953 bits per heavy atom. The lowest BCUT2D eigenvalue weighted by atomic mass is 9.56. The minimum Gasteiger partial charge on any atom is -0.508 e. The lowest BCUT2D eigenvalue weighted by Crippen LogP contribution is -2.60. The maximum atomic E-state index is 14.0. The van der Waals surface area contributed by atoms with Gasteiger partial charge in [0.1, 0.15) is 5.75 Å². The number of hydrogen-bond donors (Lipinski definition) is 2. The van der Waals surface area contributed by atoms with Gasteiger partial charge in [-0.1, -0.05) is 64.3 Å². The zero-order valence-corrected chi connectivity index (χ0v) is 26.1. The van der Waals surface area contributed by atoms with Gasteiger partial charge in [0.25, 0.3) is 11.8 Å². The number of allylic oxidation sites excluding steroid dienone is 2. The van der Waals surface area contributed by atoms with E-state index in [9.17, 15) is 29.1 Å². The molecule has 43 heavy (non-hydrogen) atoms. The molecular weight excluding hydrogens is 663 g/mol. The van der Waals surface area contributed by atoms with Crippen LogP contribution >= 0.6 is 39.1 Å². The van der Waals surface area contributed by atoms with Crippen molar-refractivity contribution >= 4 is 79.5 Å². The molecule has 6 unspecified atom stereocenters. The first-order valence-corrected chi connectivity index (χ1v) is 16.1. The van der Waals surface area contributed by atoms with Crippen molar-refractivity contribution in [1.29, 1.82) is 0 Å². The van der Waals surface area contributed by atoms with E-state index < -0.39 is 51.2 Å². The SMILES string of the molecule is O=C(O)CCCCCN1C(=O)C2CC=C3C(CC4(Cl)C(=O)N(CBr)C(=O)C4(Cl)C3c3c(O)ccc4ccccc34)C2C1=O. The second-order valence-corrected chi connectivity index (χ2v) is 13.5. The Bertz CT molecular complexity index is 1610. The van der Waals surface area contributed by atoms with E-state index in [0.29, 0.717) is 35.8 Å². The number of nitrogens with zero attached hydrogens (tertiary/aromatic N) is 2.